The Morgan fingerprint density at radius 2 is 2.12 bits per heavy atom. The second-order valence-electron chi connectivity index (χ2n) is 7.78. The van der Waals surface area contributed by atoms with Crippen LogP contribution in [0.3, 0.4) is 0 Å². The second-order valence-corrected chi connectivity index (χ2v) is 7.78. The summed E-state index contributed by atoms with van der Waals surface area (Å²) in [5.41, 5.74) is 3.67. The van der Waals surface area contributed by atoms with Gasteiger partial charge in [-0.05, 0) is 18.6 Å². The average Bonchev–Trinajstić information content (AvgIpc) is 3.04. The molecule has 2 N–H and O–H groups in total. The van der Waals surface area contributed by atoms with Crippen LogP contribution in [0.15, 0.2) is 24.5 Å². The first-order chi connectivity index (χ1) is 11.9. The van der Waals surface area contributed by atoms with Gasteiger partial charge in [0.2, 0.25) is 0 Å². The van der Waals surface area contributed by atoms with Crippen LogP contribution in [0.25, 0.3) is 0 Å². The molecule has 0 unspecified atom stereocenters. The zero-order valence-electron chi connectivity index (χ0n) is 15.7. The lowest BCUT2D eigenvalue weighted by molar-refractivity contribution is 0.0529. The normalized spacial score (nSPS) is 18.6. The number of pyridine rings is 1. The molecule has 1 aliphatic rings. The van der Waals surface area contributed by atoms with Crippen molar-refractivity contribution in [1.29, 1.82) is 0 Å². The van der Waals surface area contributed by atoms with Gasteiger partial charge in [0.15, 0.2) is 0 Å². The maximum atomic E-state index is 5.59. The number of H-pyrrole nitrogens is 1. The minimum atomic E-state index is 0.0754. The Morgan fingerprint density at radius 3 is 2.80 bits per heavy atom. The second kappa shape index (κ2) is 7.54. The number of nitrogens with one attached hydrogen (secondary N) is 2. The highest BCUT2D eigenvalue weighted by Gasteiger charge is 2.20. The third kappa shape index (κ3) is 4.58. The maximum absolute atomic E-state index is 5.59. The van der Waals surface area contributed by atoms with Crippen LogP contribution in [0.4, 0.5) is 5.82 Å². The fourth-order valence-electron chi connectivity index (χ4n) is 3.17. The van der Waals surface area contributed by atoms with Crippen molar-refractivity contribution in [1.82, 2.24) is 20.5 Å². The summed E-state index contributed by atoms with van der Waals surface area (Å²) in [6, 6.07) is 4.25. The molecule has 3 heterocycles. The third-order valence-corrected chi connectivity index (χ3v) is 4.49. The van der Waals surface area contributed by atoms with E-state index in [0.717, 1.165) is 38.6 Å². The molecular formula is C19H29N5O. The molecule has 1 atom stereocenters. The van der Waals surface area contributed by atoms with Crippen molar-refractivity contribution >= 4 is 5.82 Å². The molecule has 6 nitrogen and oxygen atoms in total. The van der Waals surface area contributed by atoms with E-state index in [-0.39, 0.29) is 11.5 Å². The molecule has 0 aliphatic carbocycles. The van der Waals surface area contributed by atoms with Gasteiger partial charge >= 0.3 is 0 Å². The van der Waals surface area contributed by atoms with Crippen LogP contribution < -0.4 is 10.2 Å². The first-order valence-electron chi connectivity index (χ1n) is 8.98. The Balaban J connectivity index is 1.53. The number of aromatic nitrogens is 3. The van der Waals surface area contributed by atoms with E-state index in [0.29, 0.717) is 0 Å². The molecule has 0 bridgehead atoms. The van der Waals surface area contributed by atoms with E-state index >= 15 is 0 Å². The fourth-order valence-corrected chi connectivity index (χ4v) is 3.17. The number of aromatic amines is 1. The fraction of sp³-hybridized carbons (Fsp3) is 0.579. The highest BCUT2D eigenvalue weighted by molar-refractivity contribution is 5.40. The van der Waals surface area contributed by atoms with Gasteiger partial charge in [-0.1, -0.05) is 26.8 Å². The summed E-state index contributed by atoms with van der Waals surface area (Å²) < 4.78 is 5.59. The molecule has 0 saturated carbocycles. The van der Waals surface area contributed by atoms with Crippen LogP contribution in [0.2, 0.25) is 0 Å². The van der Waals surface area contributed by atoms with Crippen molar-refractivity contribution in [3.8, 4) is 0 Å². The molecule has 0 spiro atoms. The number of ether oxygens (including phenoxy) is 1. The summed E-state index contributed by atoms with van der Waals surface area (Å²) in [6.45, 7) is 12.9. The number of rotatable bonds is 5. The first-order valence-corrected chi connectivity index (χ1v) is 8.98. The smallest absolute Gasteiger partial charge is 0.128 e. The molecule has 3 rings (SSSR count). The van der Waals surface area contributed by atoms with Crippen molar-refractivity contribution in [2.75, 3.05) is 24.6 Å². The van der Waals surface area contributed by atoms with Gasteiger partial charge in [0.25, 0.3) is 0 Å². The number of morpholine rings is 1. The quantitative estimate of drug-likeness (QED) is 0.874. The number of hydrogen-bond acceptors (Lipinski definition) is 5. The molecule has 2 aromatic heterocycles. The predicted octanol–water partition coefficient (Wildman–Crippen LogP) is 2.62. The van der Waals surface area contributed by atoms with E-state index in [1.165, 1.54) is 16.8 Å². The van der Waals surface area contributed by atoms with Crippen molar-refractivity contribution in [3.63, 3.8) is 0 Å². The maximum Gasteiger partial charge on any atom is 0.128 e. The molecule has 136 valence electrons. The van der Waals surface area contributed by atoms with Gasteiger partial charge in [0.05, 0.1) is 18.9 Å². The number of hydrogen-bond donors (Lipinski definition) is 2. The van der Waals surface area contributed by atoms with Crippen molar-refractivity contribution in [2.45, 2.75) is 52.3 Å². The van der Waals surface area contributed by atoms with Crippen molar-refractivity contribution in [2.24, 2.45) is 0 Å². The summed E-state index contributed by atoms with van der Waals surface area (Å²) >= 11 is 0. The van der Waals surface area contributed by atoms with Gasteiger partial charge in [0, 0.05) is 49.0 Å². The molecule has 1 aliphatic heterocycles. The number of anilines is 1. The molecule has 6 heteroatoms. The van der Waals surface area contributed by atoms with Gasteiger partial charge in [0.1, 0.15) is 5.82 Å². The van der Waals surface area contributed by atoms with Gasteiger partial charge in [-0.25, -0.2) is 4.98 Å². The van der Waals surface area contributed by atoms with Crippen LogP contribution >= 0.6 is 0 Å². The van der Waals surface area contributed by atoms with E-state index in [4.69, 9.17) is 4.74 Å². The topological polar surface area (TPSA) is 66.1 Å². The van der Waals surface area contributed by atoms with Crippen molar-refractivity contribution in [3.05, 3.63) is 41.3 Å². The minimum absolute atomic E-state index is 0.0754. The van der Waals surface area contributed by atoms with E-state index in [2.05, 4.69) is 65.2 Å². The van der Waals surface area contributed by atoms with Crippen LogP contribution in [0, 0.1) is 0 Å². The number of nitrogens with zero attached hydrogens (tertiary/aromatic N) is 3. The Morgan fingerprint density at radius 1 is 1.28 bits per heavy atom. The summed E-state index contributed by atoms with van der Waals surface area (Å²) in [5.74, 6) is 1.03. The molecule has 1 saturated heterocycles. The van der Waals surface area contributed by atoms with E-state index in [1.807, 2.05) is 12.4 Å². The van der Waals surface area contributed by atoms with Crippen LogP contribution in [0.1, 0.15) is 44.5 Å². The minimum Gasteiger partial charge on any atom is -0.375 e. The van der Waals surface area contributed by atoms with Gasteiger partial charge < -0.3 is 15.0 Å². The molecule has 0 radical (unpaired) electrons. The largest absolute Gasteiger partial charge is 0.375 e. The van der Waals surface area contributed by atoms with E-state index in [1.54, 1.807) is 0 Å². The molecule has 25 heavy (non-hydrogen) atoms. The van der Waals surface area contributed by atoms with Crippen LogP contribution in [0.5, 0.6) is 0 Å². The molecule has 2 aromatic rings. The lowest BCUT2D eigenvalue weighted by Crippen LogP contribution is -2.41. The molecular weight excluding hydrogens is 314 g/mol. The lowest BCUT2D eigenvalue weighted by Gasteiger charge is -2.32. The summed E-state index contributed by atoms with van der Waals surface area (Å²) in [6.07, 6.45) is 4.14. The molecule has 1 fully saturated rings. The van der Waals surface area contributed by atoms with E-state index in [9.17, 15) is 0 Å². The molecule has 0 aromatic carbocycles. The summed E-state index contributed by atoms with van der Waals surface area (Å²) in [5, 5.41) is 10.8. The standard InChI is InChI=1S/C19H29N5O/c1-14-13-24(7-8-25-14)17-6-5-15(10-21-17)9-20-11-16-12-22-23-18(16)19(2,3)4/h5-6,10,12,14,20H,7-9,11,13H2,1-4H3,(H,22,23)/t14-/m0/s1. The van der Waals surface area contributed by atoms with Crippen molar-refractivity contribution < 1.29 is 4.74 Å². The highest BCUT2D eigenvalue weighted by Crippen LogP contribution is 2.23. The van der Waals surface area contributed by atoms with Gasteiger partial charge in [-0.2, -0.15) is 5.10 Å². The Kier molecular flexibility index (Phi) is 5.39. The summed E-state index contributed by atoms with van der Waals surface area (Å²) in [4.78, 5) is 6.91. The van der Waals surface area contributed by atoms with Gasteiger partial charge in [-0.15, -0.1) is 0 Å². The van der Waals surface area contributed by atoms with Gasteiger partial charge in [-0.3, -0.25) is 5.10 Å². The zero-order valence-corrected chi connectivity index (χ0v) is 15.7. The Bertz CT molecular complexity index is 674. The molecule has 0 amide bonds. The summed E-state index contributed by atoms with van der Waals surface area (Å²) in [7, 11) is 0. The highest BCUT2D eigenvalue weighted by atomic mass is 16.5. The third-order valence-electron chi connectivity index (χ3n) is 4.49. The lowest BCUT2D eigenvalue weighted by atomic mass is 9.89. The first kappa shape index (κ1) is 17.9. The SMILES string of the molecule is C[C@H]1CN(c2ccc(CNCc3cn[nH]c3C(C)(C)C)cn2)CCO1. The average molecular weight is 343 g/mol. The Labute approximate surface area is 150 Å². The van der Waals surface area contributed by atoms with Crippen LogP contribution in [-0.2, 0) is 23.2 Å². The monoisotopic (exact) mass is 343 g/mol. The predicted molar refractivity (Wildman–Crippen MR) is 99.7 cm³/mol. The van der Waals surface area contributed by atoms with E-state index < -0.39 is 0 Å². The zero-order chi connectivity index (χ0) is 17.9. The van der Waals surface area contributed by atoms with Crippen LogP contribution in [-0.4, -0.2) is 41.0 Å². The Hall–Kier alpha value is -1.92.